The number of thioether (sulfide) groups is 1. The fraction of sp³-hybridized carbons (Fsp3) is 0.833. The topological polar surface area (TPSA) is 55.4 Å². The van der Waals surface area contributed by atoms with Gasteiger partial charge >= 0.3 is 5.97 Å². The van der Waals surface area contributed by atoms with Gasteiger partial charge in [0.1, 0.15) is 0 Å². The summed E-state index contributed by atoms with van der Waals surface area (Å²) in [6.07, 6.45) is 4.43. The van der Waals surface area contributed by atoms with Crippen LogP contribution in [0.25, 0.3) is 0 Å². The molecule has 1 unspecified atom stereocenters. The Balaban J connectivity index is 1.64. The summed E-state index contributed by atoms with van der Waals surface area (Å²) in [7, 11) is 1.44. The Hall–Kier alpha value is -0.710. The van der Waals surface area contributed by atoms with E-state index >= 15 is 0 Å². The number of carbonyl (C=O) groups excluding carboxylic acids is 2. The van der Waals surface area contributed by atoms with Crippen LogP contribution in [-0.4, -0.2) is 36.5 Å². The molecule has 0 bridgehead atoms. The molecule has 17 heavy (non-hydrogen) atoms. The van der Waals surface area contributed by atoms with E-state index in [2.05, 4.69) is 5.32 Å². The van der Waals surface area contributed by atoms with Gasteiger partial charge < -0.3 is 10.1 Å². The Bertz CT molecular complexity index is 315. The van der Waals surface area contributed by atoms with Gasteiger partial charge in [0.15, 0.2) is 0 Å². The van der Waals surface area contributed by atoms with Crippen LogP contribution in [0.15, 0.2) is 0 Å². The highest BCUT2D eigenvalue weighted by molar-refractivity contribution is 7.99. The van der Waals surface area contributed by atoms with Crippen molar-refractivity contribution in [1.82, 2.24) is 5.32 Å². The lowest BCUT2D eigenvalue weighted by Crippen LogP contribution is -2.27. The van der Waals surface area contributed by atoms with Crippen molar-refractivity contribution in [3.8, 4) is 0 Å². The molecule has 96 valence electrons. The molecule has 2 fully saturated rings. The van der Waals surface area contributed by atoms with Gasteiger partial charge in [-0.25, -0.2) is 0 Å². The minimum atomic E-state index is -0.0998. The van der Waals surface area contributed by atoms with E-state index in [9.17, 15) is 9.59 Å². The van der Waals surface area contributed by atoms with Crippen LogP contribution in [0.3, 0.4) is 0 Å². The van der Waals surface area contributed by atoms with Gasteiger partial charge in [0, 0.05) is 18.2 Å². The average molecular weight is 257 g/mol. The van der Waals surface area contributed by atoms with Gasteiger partial charge in [0.2, 0.25) is 5.91 Å². The smallest absolute Gasteiger partial charge is 0.306 e. The molecule has 2 aliphatic rings. The van der Waals surface area contributed by atoms with E-state index in [1.165, 1.54) is 7.11 Å². The summed E-state index contributed by atoms with van der Waals surface area (Å²) in [5.41, 5.74) is 0.195. The predicted octanol–water partition coefficient (Wildman–Crippen LogP) is 1.34. The van der Waals surface area contributed by atoms with E-state index in [0.717, 1.165) is 30.8 Å². The van der Waals surface area contributed by atoms with E-state index in [0.29, 0.717) is 18.9 Å². The van der Waals surface area contributed by atoms with Crippen molar-refractivity contribution in [2.24, 2.45) is 5.41 Å². The molecular weight excluding hydrogens is 238 g/mol. The summed E-state index contributed by atoms with van der Waals surface area (Å²) in [6, 6.07) is 0.335. The monoisotopic (exact) mass is 257 g/mol. The van der Waals surface area contributed by atoms with Crippen LogP contribution in [0.4, 0.5) is 0 Å². The van der Waals surface area contributed by atoms with Gasteiger partial charge in [0.25, 0.3) is 0 Å². The summed E-state index contributed by atoms with van der Waals surface area (Å²) < 4.78 is 4.71. The standard InChI is InChI=1S/C12H19NO3S/c1-16-11(15)6-12(4-5-12)8-17-7-9-2-3-10(14)13-9/h9H,2-8H2,1H3,(H,13,14). The lowest BCUT2D eigenvalue weighted by atomic mass is 10.1. The van der Waals surface area contributed by atoms with Crippen molar-refractivity contribution in [3.05, 3.63) is 0 Å². The summed E-state index contributed by atoms with van der Waals surface area (Å²) in [5.74, 6) is 2.05. The molecule has 0 spiro atoms. The zero-order valence-electron chi connectivity index (χ0n) is 10.2. The van der Waals surface area contributed by atoms with Gasteiger partial charge in [-0.3, -0.25) is 9.59 Å². The molecule has 1 saturated heterocycles. The Labute approximate surface area is 106 Å². The number of hydrogen-bond acceptors (Lipinski definition) is 4. The van der Waals surface area contributed by atoms with Crippen molar-refractivity contribution >= 4 is 23.6 Å². The zero-order valence-corrected chi connectivity index (χ0v) is 11.0. The second-order valence-corrected chi connectivity index (χ2v) is 6.10. The number of esters is 1. The predicted molar refractivity (Wildman–Crippen MR) is 66.8 cm³/mol. The van der Waals surface area contributed by atoms with Crippen LogP contribution in [0.1, 0.15) is 32.1 Å². The number of ether oxygens (including phenoxy) is 1. The van der Waals surface area contributed by atoms with Crippen molar-refractivity contribution in [1.29, 1.82) is 0 Å². The van der Waals surface area contributed by atoms with E-state index in [-0.39, 0.29) is 17.3 Å². The molecule has 0 aromatic heterocycles. The van der Waals surface area contributed by atoms with Gasteiger partial charge in [0.05, 0.1) is 13.5 Å². The lowest BCUT2D eigenvalue weighted by molar-refractivity contribution is -0.141. The lowest BCUT2D eigenvalue weighted by Gasteiger charge is -2.15. The molecule has 4 nitrogen and oxygen atoms in total. The summed E-state index contributed by atoms with van der Waals surface area (Å²) >= 11 is 1.85. The molecule has 5 heteroatoms. The Morgan fingerprint density at radius 3 is 2.88 bits per heavy atom. The van der Waals surface area contributed by atoms with Crippen LogP contribution in [0.2, 0.25) is 0 Å². The molecule has 1 N–H and O–H groups in total. The van der Waals surface area contributed by atoms with Crippen LogP contribution >= 0.6 is 11.8 Å². The molecule has 0 radical (unpaired) electrons. The first-order chi connectivity index (χ1) is 8.13. The van der Waals surface area contributed by atoms with Crippen molar-refractivity contribution < 1.29 is 14.3 Å². The highest BCUT2D eigenvalue weighted by Gasteiger charge is 2.44. The first-order valence-corrected chi connectivity index (χ1v) is 7.23. The van der Waals surface area contributed by atoms with Crippen LogP contribution in [-0.2, 0) is 14.3 Å². The fourth-order valence-corrected chi connectivity index (χ4v) is 3.62. The fourth-order valence-electron chi connectivity index (χ4n) is 2.15. The molecule has 1 aliphatic heterocycles. The van der Waals surface area contributed by atoms with Crippen LogP contribution in [0, 0.1) is 5.41 Å². The Morgan fingerprint density at radius 1 is 1.59 bits per heavy atom. The van der Waals surface area contributed by atoms with E-state index < -0.39 is 0 Å². The van der Waals surface area contributed by atoms with Crippen molar-refractivity contribution in [2.45, 2.75) is 38.1 Å². The van der Waals surface area contributed by atoms with Gasteiger partial charge in [-0.15, -0.1) is 0 Å². The Kier molecular flexibility index (Phi) is 3.97. The number of methoxy groups -OCH3 is 1. The van der Waals surface area contributed by atoms with E-state index in [4.69, 9.17) is 4.74 Å². The maximum absolute atomic E-state index is 11.2. The van der Waals surface area contributed by atoms with Gasteiger partial charge in [-0.1, -0.05) is 0 Å². The summed E-state index contributed by atoms with van der Waals surface area (Å²) in [6.45, 7) is 0. The molecule has 0 aromatic rings. The quantitative estimate of drug-likeness (QED) is 0.730. The molecule has 1 heterocycles. The minimum Gasteiger partial charge on any atom is -0.469 e. The van der Waals surface area contributed by atoms with E-state index in [1.54, 1.807) is 0 Å². The number of nitrogens with one attached hydrogen (secondary N) is 1. The highest BCUT2D eigenvalue weighted by atomic mass is 32.2. The third-order valence-corrected chi connectivity index (χ3v) is 4.97. The third kappa shape index (κ3) is 3.63. The van der Waals surface area contributed by atoms with Gasteiger partial charge in [-0.2, -0.15) is 11.8 Å². The van der Waals surface area contributed by atoms with Crippen LogP contribution < -0.4 is 5.32 Å². The second kappa shape index (κ2) is 5.29. The molecule has 1 saturated carbocycles. The van der Waals surface area contributed by atoms with Crippen LogP contribution in [0.5, 0.6) is 0 Å². The largest absolute Gasteiger partial charge is 0.469 e. The van der Waals surface area contributed by atoms with E-state index in [1.807, 2.05) is 11.8 Å². The zero-order chi connectivity index (χ0) is 12.3. The SMILES string of the molecule is COC(=O)CC1(CSCC2CCC(=O)N2)CC1. The van der Waals surface area contributed by atoms with Crippen molar-refractivity contribution in [2.75, 3.05) is 18.6 Å². The minimum absolute atomic E-state index is 0.0998. The molecule has 1 atom stereocenters. The maximum atomic E-state index is 11.2. The Morgan fingerprint density at radius 2 is 2.35 bits per heavy atom. The average Bonchev–Trinajstić information content (AvgIpc) is 2.93. The second-order valence-electron chi connectivity index (χ2n) is 5.07. The third-order valence-electron chi connectivity index (χ3n) is 3.52. The molecule has 1 amide bonds. The molecule has 0 aromatic carbocycles. The maximum Gasteiger partial charge on any atom is 0.306 e. The molecular formula is C12H19NO3S. The number of rotatable bonds is 6. The first-order valence-electron chi connectivity index (χ1n) is 6.07. The summed E-state index contributed by atoms with van der Waals surface area (Å²) in [5, 5.41) is 2.96. The number of amides is 1. The molecule has 1 aliphatic carbocycles. The van der Waals surface area contributed by atoms with Gasteiger partial charge in [-0.05, 0) is 30.4 Å². The first kappa shape index (κ1) is 12.7. The van der Waals surface area contributed by atoms with Crippen molar-refractivity contribution in [3.63, 3.8) is 0 Å². The number of carbonyl (C=O) groups is 2. The highest BCUT2D eigenvalue weighted by Crippen LogP contribution is 2.51. The molecule has 2 rings (SSSR count). The number of hydrogen-bond donors (Lipinski definition) is 1. The normalized spacial score (nSPS) is 25.5. The summed E-state index contributed by atoms with van der Waals surface area (Å²) in [4.78, 5) is 22.3.